The maximum Gasteiger partial charge on any atom is 0.157 e. The van der Waals surface area contributed by atoms with Crippen molar-refractivity contribution in [3.63, 3.8) is 0 Å². The highest BCUT2D eigenvalue weighted by Gasteiger charge is 2.40. The van der Waals surface area contributed by atoms with Crippen LogP contribution in [-0.4, -0.2) is 34.0 Å². The molecule has 2 aliphatic carbocycles. The molecule has 114 valence electrons. The molecule has 1 N–H and O–H groups in total. The van der Waals surface area contributed by atoms with Crippen LogP contribution < -0.4 is 5.32 Å². The largest absolute Gasteiger partial charge is 0.359 e. The molecule has 4 heteroatoms. The Morgan fingerprint density at radius 3 is 2.70 bits per heavy atom. The summed E-state index contributed by atoms with van der Waals surface area (Å²) in [6.45, 7) is 2.40. The Morgan fingerprint density at radius 2 is 1.95 bits per heavy atom. The highest BCUT2D eigenvalue weighted by molar-refractivity contribution is 8.14. The monoisotopic (exact) mass is 312 g/mol. The van der Waals surface area contributed by atoms with E-state index in [1.807, 2.05) is 23.5 Å². The Balaban J connectivity index is 1.62. The molecular formula is C16H28N2S2. The van der Waals surface area contributed by atoms with Crippen LogP contribution in [-0.2, 0) is 0 Å². The van der Waals surface area contributed by atoms with Crippen LogP contribution in [0.2, 0.25) is 0 Å². The average molecular weight is 313 g/mol. The van der Waals surface area contributed by atoms with Gasteiger partial charge in [0.05, 0.1) is 6.04 Å². The first-order valence-corrected chi connectivity index (χ1v) is 10.5. The smallest absolute Gasteiger partial charge is 0.157 e. The second-order valence-corrected chi connectivity index (χ2v) is 8.98. The molecule has 3 aliphatic rings. The SMILES string of the molecule is CSC1CCCCC1N=C1NC2(CCC(C)CC2)CS1. The molecule has 0 aromatic heterocycles. The predicted molar refractivity (Wildman–Crippen MR) is 93.0 cm³/mol. The van der Waals surface area contributed by atoms with Crippen LogP contribution in [0, 0.1) is 5.92 Å². The van der Waals surface area contributed by atoms with Crippen molar-refractivity contribution in [2.24, 2.45) is 10.9 Å². The number of hydrogen-bond donors (Lipinski definition) is 1. The van der Waals surface area contributed by atoms with Crippen LogP contribution in [0.4, 0.5) is 0 Å². The van der Waals surface area contributed by atoms with Crippen molar-refractivity contribution in [1.29, 1.82) is 0 Å². The standard InChI is InChI=1S/C16H28N2S2/c1-12-7-9-16(10-8-12)11-20-15(18-16)17-13-5-3-4-6-14(13)19-2/h12-14H,3-11H2,1-2H3,(H,17,18). The summed E-state index contributed by atoms with van der Waals surface area (Å²) in [6.07, 6.45) is 13.1. The molecule has 2 nitrogen and oxygen atoms in total. The van der Waals surface area contributed by atoms with Gasteiger partial charge in [-0.15, -0.1) is 0 Å². The molecule has 2 atom stereocenters. The topological polar surface area (TPSA) is 24.4 Å². The Labute approximate surface area is 132 Å². The number of hydrogen-bond acceptors (Lipinski definition) is 3. The first kappa shape index (κ1) is 15.1. The van der Waals surface area contributed by atoms with Crippen molar-refractivity contribution < 1.29 is 0 Å². The third-order valence-corrected chi connectivity index (χ3v) is 7.68. The van der Waals surface area contributed by atoms with Gasteiger partial charge in [-0.2, -0.15) is 11.8 Å². The van der Waals surface area contributed by atoms with Gasteiger partial charge < -0.3 is 5.32 Å². The zero-order valence-electron chi connectivity index (χ0n) is 12.9. The van der Waals surface area contributed by atoms with E-state index in [0.717, 1.165) is 11.2 Å². The summed E-state index contributed by atoms with van der Waals surface area (Å²) in [7, 11) is 0. The second-order valence-electron chi connectivity index (χ2n) is 6.94. The Kier molecular flexibility index (Phi) is 4.91. The van der Waals surface area contributed by atoms with Gasteiger partial charge in [-0.3, -0.25) is 4.99 Å². The van der Waals surface area contributed by atoms with Gasteiger partial charge in [-0.1, -0.05) is 31.5 Å². The number of rotatable bonds is 2. The summed E-state index contributed by atoms with van der Waals surface area (Å²) < 4.78 is 0. The fraction of sp³-hybridized carbons (Fsp3) is 0.938. The van der Waals surface area contributed by atoms with E-state index in [4.69, 9.17) is 4.99 Å². The molecule has 20 heavy (non-hydrogen) atoms. The lowest BCUT2D eigenvalue weighted by Crippen LogP contribution is -2.46. The van der Waals surface area contributed by atoms with Crippen LogP contribution >= 0.6 is 23.5 Å². The first-order valence-electron chi connectivity index (χ1n) is 8.22. The van der Waals surface area contributed by atoms with E-state index in [9.17, 15) is 0 Å². The zero-order valence-corrected chi connectivity index (χ0v) is 14.5. The minimum Gasteiger partial charge on any atom is -0.359 e. The van der Waals surface area contributed by atoms with Crippen molar-refractivity contribution in [1.82, 2.24) is 5.32 Å². The Morgan fingerprint density at radius 1 is 1.20 bits per heavy atom. The van der Waals surface area contributed by atoms with Crippen molar-refractivity contribution in [3.05, 3.63) is 0 Å². The minimum absolute atomic E-state index is 0.388. The summed E-state index contributed by atoms with van der Waals surface area (Å²) in [5.41, 5.74) is 0.388. The first-order chi connectivity index (χ1) is 9.71. The van der Waals surface area contributed by atoms with Crippen LogP contribution in [0.15, 0.2) is 4.99 Å². The number of thioether (sulfide) groups is 2. The van der Waals surface area contributed by atoms with Crippen LogP contribution in [0.5, 0.6) is 0 Å². The molecule has 0 radical (unpaired) electrons. The molecule has 1 aliphatic heterocycles. The van der Waals surface area contributed by atoms with Crippen molar-refractivity contribution in [2.45, 2.75) is 75.1 Å². The van der Waals surface area contributed by atoms with E-state index < -0.39 is 0 Å². The van der Waals surface area contributed by atoms with Gasteiger partial charge in [0, 0.05) is 16.5 Å². The Bertz CT molecular complexity index is 361. The molecular weight excluding hydrogens is 284 g/mol. The van der Waals surface area contributed by atoms with Gasteiger partial charge in [0.1, 0.15) is 0 Å². The van der Waals surface area contributed by atoms with E-state index in [1.165, 1.54) is 62.3 Å². The van der Waals surface area contributed by atoms with Gasteiger partial charge in [0.25, 0.3) is 0 Å². The van der Waals surface area contributed by atoms with Crippen molar-refractivity contribution in [3.8, 4) is 0 Å². The maximum absolute atomic E-state index is 5.10. The van der Waals surface area contributed by atoms with E-state index in [-0.39, 0.29) is 0 Å². The molecule has 1 heterocycles. The van der Waals surface area contributed by atoms with E-state index >= 15 is 0 Å². The molecule has 0 amide bonds. The molecule has 0 aromatic carbocycles. The van der Waals surface area contributed by atoms with Gasteiger partial charge in [-0.05, 0) is 50.7 Å². The summed E-state index contributed by atoms with van der Waals surface area (Å²) in [6, 6.07) is 0.561. The molecule has 2 saturated carbocycles. The van der Waals surface area contributed by atoms with Gasteiger partial charge in [-0.25, -0.2) is 0 Å². The van der Waals surface area contributed by atoms with Crippen LogP contribution in [0.25, 0.3) is 0 Å². The number of nitrogens with one attached hydrogen (secondary N) is 1. The lowest BCUT2D eigenvalue weighted by atomic mass is 9.78. The molecule has 1 spiro atoms. The lowest BCUT2D eigenvalue weighted by Gasteiger charge is -2.36. The van der Waals surface area contributed by atoms with Crippen LogP contribution in [0.3, 0.4) is 0 Å². The fourth-order valence-electron chi connectivity index (χ4n) is 3.81. The normalized spacial score (nSPS) is 43.9. The molecule has 3 fully saturated rings. The Hall–Kier alpha value is 0.170. The van der Waals surface area contributed by atoms with Crippen LogP contribution in [0.1, 0.15) is 58.3 Å². The molecule has 3 rings (SSSR count). The van der Waals surface area contributed by atoms with E-state index in [0.29, 0.717) is 11.6 Å². The minimum atomic E-state index is 0.388. The second kappa shape index (κ2) is 6.51. The summed E-state index contributed by atoms with van der Waals surface area (Å²) in [4.78, 5) is 5.10. The quantitative estimate of drug-likeness (QED) is 0.822. The van der Waals surface area contributed by atoms with E-state index in [2.05, 4.69) is 18.5 Å². The summed E-state index contributed by atoms with van der Waals surface area (Å²) >= 11 is 4.01. The van der Waals surface area contributed by atoms with Gasteiger partial charge in [0.2, 0.25) is 0 Å². The fourth-order valence-corrected chi connectivity index (χ4v) is 6.00. The third-order valence-electron chi connectivity index (χ3n) is 5.34. The van der Waals surface area contributed by atoms with Crippen molar-refractivity contribution >= 4 is 28.7 Å². The van der Waals surface area contributed by atoms with Gasteiger partial charge in [0.15, 0.2) is 5.17 Å². The molecule has 0 bridgehead atoms. The third kappa shape index (κ3) is 3.32. The lowest BCUT2D eigenvalue weighted by molar-refractivity contribution is 0.250. The summed E-state index contributed by atoms with van der Waals surface area (Å²) in [5, 5.41) is 5.83. The molecule has 1 saturated heterocycles. The molecule has 2 unspecified atom stereocenters. The average Bonchev–Trinajstić information content (AvgIpc) is 2.86. The van der Waals surface area contributed by atoms with E-state index in [1.54, 1.807) is 0 Å². The van der Waals surface area contributed by atoms with Gasteiger partial charge >= 0.3 is 0 Å². The maximum atomic E-state index is 5.10. The number of aliphatic imine (C=N–C) groups is 1. The highest BCUT2D eigenvalue weighted by Crippen LogP contribution is 2.39. The number of nitrogens with zero attached hydrogens (tertiary/aromatic N) is 1. The highest BCUT2D eigenvalue weighted by atomic mass is 32.2. The molecule has 0 aromatic rings. The predicted octanol–water partition coefficient (Wildman–Crippen LogP) is 4.30. The van der Waals surface area contributed by atoms with Crippen molar-refractivity contribution in [2.75, 3.05) is 12.0 Å². The number of amidine groups is 1. The zero-order chi connectivity index (χ0) is 14.0. The summed E-state index contributed by atoms with van der Waals surface area (Å²) in [5.74, 6) is 2.17.